The fourth-order valence-electron chi connectivity index (χ4n) is 5.11. The van der Waals surface area contributed by atoms with Gasteiger partial charge in [-0.2, -0.15) is 4.31 Å². The molecule has 0 saturated carbocycles. The van der Waals surface area contributed by atoms with Crippen molar-refractivity contribution in [3.63, 3.8) is 0 Å². The van der Waals surface area contributed by atoms with E-state index in [0.29, 0.717) is 39.5 Å². The number of rotatable bonds is 5. The second-order valence-electron chi connectivity index (χ2n) is 9.19. The van der Waals surface area contributed by atoms with Crippen LogP contribution in [-0.2, 0) is 24.3 Å². The molecular formula is C25H32N4O5S. The van der Waals surface area contributed by atoms with Gasteiger partial charge in [0.15, 0.2) is 0 Å². The summed E-state index contributed by atoms with van der Waals surface area (Å²) >= 11 is 0. The number of carbonyl (C=O) groups is 1. The highest BCUT2D eigenvalue weighted by Gasteiger charge is 2.38. The largest absolute Gasteiger partial charge is 0.381 e. The zero-order valence-corrected chi connectivity index (χ0v) is 21.0. The molecule has 3 aliphatic heterocycles. The summed E-state index contributed by atoms with van der Waals surface area (Å²) in [6.45, 7) is 4.94. The van der Waals surface area contributed by atoms with Crippen LogP contribution in [0.1, 0.15) is 19.8 Å². The van der Waals surface area contributed by atoms with Crippen LogP contribution in [0.2, 0.25) is 0 Å². The molecule has 1 atom stereocenters. The van der Waals surface area contributed by atoms with Gasteiger partial charge in [-0.05, 0) is 62.2 Å². The third-order valence-electron chi connectivity index (χ3n) is 7.06. The highest BCUT2D eigenvalue weighted by molar-refractivity contribution is 7.89. The number of ether oxygens (including phenoxy) is 2. The summed E-state index contributed by atoms with van der Waals surface area (Å²) in [7, 11) is -1.71. The topological polar surface area (TPSA) is 91.4 Å². The first-order valence-corrected chi connectivity index (χ1v) is 13.5. The molecule has 3 aliphatic rings. The Hall–Kier alpha value is -2.66. The molecule has 2 aromatic rings. The fourth-order valence-corrected chi connectivity index (χ4v) is 6.52. The molecule has 0 bridgehead atoms. The van der Waals surface area contributed by atoms with Crippen molar-refractivity contribution in [1.29, 1.82) is 0 Å². The zero-order chi connectivity index (χ0) is 24.6. The number of hydrogen-bond donors (Lipinski definition) is 1. The van der Waals surface area contributed by atoms with Gasteiger partial charge >= 0.3 is 0 Å². The van der Waals surface area contributed by atoms with Crippen LogP contribution in [0.4, 0.5) is 22.7 Å². The Balaban J connectivity index is 1.39. The number of benzene rings is 2. The quantitative estimate of drug-likeness (QED) is 0.675. The number of hydrogen-bond acceptors (Lipinski definition) is 7. The van der Waals surface area contributed by atoms with Gasteiger partial charge in [-0.15, -0.1) is 0 Å². The molecule has 5 rings (SSSR count). The average molecular weight is 501 g/mol. The fraction of sp³-hybridized carbons (Fsp3) is 0.480. The zero-order valence-electron chi connectivity index (χ0n) is 20.1. The molecule has 10 heteroatoms. The molecule has 9 nitrogen and oxygen atoms in total. The smallest absolute Gasteiger partial charge is 0.249 e. The number of fused-ring (bicyclic) bond motifs is 1. The van der Waals surface area contributed by atoms with Gasteiger partial charge in [0.25, 0.3) is 0 Å². The summed E-state index contributed by atoms with van der Waals surface area (Å²) in [5.74, 6) is 0.0850. The Morgan fingerprint density at radius 1 is 0.886 bits per heavy atom. The monoisotopic (exact) mass is 500 g/mol. The van der Waals surface area contributed by atoms with E-state index < -0.39 is 10.0 Å². The Labute approximate surface area is 206 Å². The van der Waals surface area contributed by atoms with E-state index in [1.165, 1.54) is 4.31 Å². The minimum atomic E-state index is -3.53. The van der Waals surface area contributed by atoms with E-state index in [4.69, 9.17) is 9.47 Å². The van der Waals surface area contributed by atoms with Crippen LogP contribution in [0.5, 0.6) is 0 Å². The number of likely N-dealkylation sites (N-methyl/N-ethyl adjacent to an activating group) is 1. The molecule has 0 unspecified atom stereocenters. The Bertz CT molecular complexity index is 1170. The molecule has 0 aliphatic carbocycles. The summed E-state index contributed by atoms with van der Waals surface area (Å²) in [5.41, 5.74) is 3.57. The molecule has 0 spiro atoms. The van der Waals surface area contributed by atoms with Crippen molar-refractivity contribution in [3.05, 3.63) is 42.5 Å². The molecule has 2 fully saturated rings. The van der Waals surface area contributed by atoms with E-state index in [9.17, 15) is 13.2 Å². The second-order valence-corrected chi connectivity index (χ2v) is 11.1. The summed E-state index contributed by atoms with van der Waals surface area (Å²) in [5, 5.41) is 3.39. The Morgan fingerprint density at radius 2 is 1.51 bits per heavy atom. The van der Waals surface area contributed by atoms with Crippen LogP contribution in [0.3, 0.4) is 0 Å². The first-order valence-electron chi connectivity index (χ1n) is 12.1. The van der Waals surface area contributed by atoms with Crippen molar-refractivity contribution in [1.82, 2.24) is 4.31 Å². The summed E-state index contributed by atoms with van der Waals surface area (Å²) < 4.78 is 38.1. The highest BCUT2D eigenvalue weighted by atomic mass is 32.2. The van der Waals surface area contributed by atoms with E-state index in [1.807, 2.05) is 26.1 Å². The standard InChI is InChI=1S/C25H32N4O5S/c1-18-25(30)27(2)23-8-5-20(17-24(23)29(18)21-9-13-33-14-10-21)26-19-3-6-22(7-4-19)35(31,32)28-11-15-34-16-12-28/h3-8,17-18,21,26H,9-16H2,1-2H3/t18-/m1/s1. The van der Waals surface area contributed by atoms with Gasteiger partial charge in [-0.1, -0.05) is 0 Å². The number of anilines is 4. The molecule has 0 radical (unpaired) electrons. The molecule has 0 aromatic heterocycles. The maximum atomic E-state index is 12.9. The van der Waals surface area contributed by atoms with Crippen LogP contribution >= 0.6 is 0 Å². The van der Waals surface area contributed by atoms with E-state index in [1.54, 1.807) is 29.2 Å². The molecule has 2 saturated heterocycles. The van der Waals surface area contributed by atoms with Crippen molar-refractivity contribution in [2.75, 3.05) is 61.7 Å². The van der Waals surface area contributed by atoms with Crippen LogP contribution in [0, 0.1) is 0 Å². The first-order chi connectivity index (χ1) is 16.9. The predicted octanol–water partition coefficient (Wildman–Crippen LogP) is 2.80. The molecule has 2 aromatic carbocycles. The minimum Gasteiger partial charge on any atom is -0.381 e. The van der Waals surface area contributed by atoms with Crippen LogP contribution < -0.4 is 15.1 Å². The highest BCUT2D eigenvalue weighted by Crippen LogP contribution is 2.40. The average Bonchev–Trinajstić information content (AvgIpc) is 2.89. The van der Waals surface area contributed by atoms with Crippen LogP contribution in [0.15, 0.2) is 47.4 Å². The van der Waals surface area contributed by atoms with Gasteiger partial charge in [-0.3, -0.25) is 4.79 Å². The Kier molecular flexibility index (Phi) is 6.71. The molecule has 3 heterocycles. The van der Waals surface area contributed by atoms with E-state index in [-0.39, 0.29) is 22.9 Å². The number of carbonyl (C=O) groups excluding carboxylic acids is 1. The van der Waals surface area contributed by atoms with E-state index >= 15 is 0 Å². The van der Waals surface area contributed by atoms with Crippen molar-refractivity contribution in [2.45, 2.75) is 36.7 Å². The van der Waals surface area contributed by atoms with Crippen molar-refractivity contribution in [3.8, 4) is 0 Å². The number of nitrogens with one attached hydrogen (secondary N) is 1. The summed E-state index contributed by atoms with van der Waals surface area (Å²) in [6, 6.07) is 12.8. The summed E-state index contributed by atoms with van der Waals surface area (Å²) in [4.78, 5) is 17.2. The van der Waals surface area contributed by atoms with Crippen molar-refractivity contribution >= 4 is 38.7 Å². The van der Waals surface area contributed by atoms with Crippen molar-refractivity contribution < 1.29 is 22.7 Å². The third kappa shape index (κ3) is 4.63. The number of nitrogens with zero attached hydrogens (tertiary/aromatic N) is 3. The first kappa shape index (κ1) is 24.1. The second kappa shape index (κ2) is 9.77. The lowest BCUT2D eigenvalue weighted by Crippen LogP contribution is -2.55. The molecule has 1 N–H and O–H groups in total. The normalized spacial score (nSPS) is 22.2. The van der Waals surface area contributed by atoms with Gasteiger partial charge in [0.2, 0.25) is 15.9 Å². The number of sulfonamides is 1. The molecule has 35 heavy (non-hydrogen) atoms. The summed E-state index contributed by atoms with van der Waals surface area (Å²) in [6.07, 6.45) is 1.77. The predicted molar refractivity (Wildman–Crippen MR) is 135 cm³/mol. The lowest BCUT2D eigenvalue weighted by molar-refractivity contribution is -0.119. The lowest BCUT2D eigenvalue weighted by atomic mass is 9.99. The molecule has 188 valence electrons. The Morgan fingerprint density at radius 3 is 2.20 bits per heavy atom. The van der Waals surface area contributed by atoms with E-state index in [2.05, 4.69) is 16.3 Å². The SMILES string of the molecule is C[C@@H]1C(=O)N(C)c2ccc(Nc3ccc(S(=O)(=O)N4CCOCC4)cc3)cc2N1C1CCOCC1. The maximum absolute atomic E-state index is 12.9. The van der Waals surface area contributed by atoms with Gasteiger partial charge in [-0.25, -0.2) is 8.42 Å². The van der Waals surface area contributed by atoms with Gasteiger partial charge in [0, 0.05) is 50.8 Å². The molecule has 1 amide bonds. The lowest BCUT2D eigenvalue weighted by Gasteiger charge is -2.45. The van der Waals surface area contributed by atoms with Crippen molar-refractivity contribution in [2.24, 2.45) is 0 Å². The van der Waals surface area contributed by atoms with Gasteiger partial charge in [0.1, 0.15) is 6.04 Å². The number of morpholine rings is 1. The maximum Gasteiger partial charge on any atom is 0.249 e. The minimum absolute atomic E-state index is 0.0850. The molecular weight excluding hydrogens is 468 g/mol. The van der Waals surface area contributed by atoms with Gasteiger partial charge in [0.05, 0.1) is 29.5 Å². The van der Waals surface area contributed by atoms with E-state index in [0.717, 1.165) is 35.6 Å². The van der Waals surface area contributed by atoms with Crippen LogP contribution in [0.25, 0.3) is 0 Å². The van der Waals surface area contributed by atoms with Crippen LogP contribution in [-0.4, -0.2) is 77.3 Å². The van der Waals surface area contributed by atoms with Gasteiger partial charge < -0.3 is 24.6 Å². The number of amides is 1. The third-order valence-corrected chi connectivity index (χ3v) is 8.97.